The molecule has 13 nitrogen and oxygen atoms in total. The Labute approximate surface area is 274 Å². The molecular formula is C34H45NO12. The summed E-state index contributed by atoms with van der Waals surface area (Å²) in [6.45, 7) is 11.7. The first-order valence-electron chi connectivity index (χ1n) is 15.8. The quantitative estimate of drug-likeness (QED) is 0.320. The van der Waals surface area contributed by atoms with Crippen molar-refractivity contribution in [1.82, 2.24) is 4.90 Å². The number of methoxy groups -OCH3 is 1. The zero-order valence-electron chi connectivity index (χ0n) is 28.5. The first-order valence-corrected chi connectivity index (χ1v) is 15.8. The zero-order chi connectivity index (χ0) is 34.7. The van der Waals surface area contributed by atoms with Gasteiger partial charge in [0.25, 0.3) is 0 Å². The van der Waals surface area contributed by atoms with Gasteiger partial charge in [-0.25, -0.2) is 14.4 Å². The normalized spacial score (nSPS) is 27.2. The van der Waals surface area contributed by atoms with Crippen LogP contribution in [0.25, 0.3) is 0 Å². The molecule has 2 aliphatic heterocycles. The second-order valence-corrected chi connectivity index (χ2v) is 14.6. The van der Waals surface area contributed by atoms with Gasteiger partial charge in [-0.05, 0) is 92.6 Å². The summed E-state index contributed by atoms with van der Waals surface area (Å²) >= 11 is 0. The van der Waals surface area contributed by atoms with E-state index < -0.39 is 71.0 Å². The largest absolute Gasteiger partial charge is 0.509 e. The standard InChI is InChI=1S/C34H45NO12/c1-18(42-30(39)47-32(5,6)7)28(37)44-22(29(38)46-31(2,3)4)17-24(36)43-21-12-13-34(40)23-16-19-10-11-20(41-9)26-25(19)33(34,27(21)45-26)14-15-35(23)8/h10-12,18,22-23,27,40H,13-17H2,1-9H3/t18-,22-,23+,27-,33-,34+/m0/s1. The van der Waals surface area contributed by atoms with Crippen molar-refractivity contribution in [3.8, 4) is 11.5 Å². The number of nitrogens with zero attached hydrogens (tertiary/aromatic N) is 1. The van der Waals surface area contributed by atoms with Gasteiger partial charge in [-0.15, -0.1) is 0 Å². The van der Waals surface area contributed by atoms with E-state index in [1.165, 1.54) is 6.92 Å². The van der Waals surface area contributed by atoms with E-state index in [-0.39, 0.29) is 18.2 Å². The van der Waals surface area contributed by atoms with E-state index in [0.29, 0.717) is 30.9 Å². The molecule has 2 heterocycles. The fourth-order valence-corrected chi connectivity index (χ4v) is 7.16. The number of aliphatic hydroxyl groups is 1. The van der Waals surface area contributed by atoms with Crippen molar-refractivity contribution in [2.75, 3.05) is 20.7 Å². The fraction of sp³-hybridized carbons (Fsp3) is 0.647. The van der Waals surface area contributed by atoms with E-state index in [4.69, 9.17) is 33.2 Å². The van der Waals surface area contributed by atoms with Crippen LogP contribution < -0.4 is 9.47 Å². The van der Waals surface area contributed by atoms with Crippen LogP contribution in [0.3, 0.4) is 0 Å². The Balaban J connectivity index is 1.37. The van der Waals surface area contributed by atoms with E-state index in [2.05, 4.69) is 4.90 Å². The highest BCUT2D eigenvalue weighted by Gasteiger charge is 2.72. The van der Waals surface area contributed by atoms with Gasteiger partial charge in [-0.2, -0.15) is 0 Å². The summed E-state index contributed by atoms with van der Waals surface area (Å²) in [5.41, 5.74) is -2.03. The first-order chi connectivity index (χ1) is 21.8. The summed E-state index contributed by atoms with van der Waals surface area (Å²) in [6, 6.07) is 3.64. The molecule has 6 atom stereocenters. The van der Waals surface area contributed by atoms with Gasteiger partial charge in [-0.1, -0.05) is 6.07 Å². The molecule has 2 aliphatic carbocycles. The Kier molecular flexibility index (Phi) is 8.80. The summed E-state index contributed by atoms with van der Waals surface area (Å²) in [4.78, 5) is 53.8. The van der Waals surface area contributed by atoms with E-state index in [1.54, 1.807) is 54.7 Å². The number of esters is 3. The summed E-state index contributed by atoms with van der Waals surface area (Å²) in [5.74, 6) is -1.76. The van der Waals surface area contributed by atoms with Crippen LogP contribution in [0.15, 0.2) is 24.0 Å². The Morgan fingerprint density at radius 1 is 1.04 bits per heavy atom. The molecule has 0 radical (unpaired) electrons. The maximum Gasteiger partial charge on any atom is 0.509 e. The van der Waals surface area contributed by atoms with E-state index in [9.17, 15) is 24.3 Å². The molecule has 0 amide bonds. The van der Waals surface area contributed by atoms with Crippen molar-refractivity contribution in [1.29, 1.82) is 0 Å². The molecule has 2 bridgehead atoms. The Bertz CT molecular complexity index is 1490. The number of rotatable bonds is 8. The molecule has 258 valence electrons. The molecular weight excluding hydrogens is 614 g/mol. The first kappa shape index (κ1) is 34.5. The van der Waals surface area contributed by atoms with Crippen LogP contribution >= 0.6 is 0 Å². The number of piperidine rings is 1. The second-order valence-electron chi connectivity index (χ2n) is 14.6. The molecule has 1 N–H and O–H groups in total. The van der Waals surface area contributed by atoms with Crippen molar-refractivity contribution in [2.45, 2.75) is 121 Å². The van der Waals surface area contributed by atoms with Crippen molar-refractivity contribution in [2.24, 2.45) is 0 Å². The number of benzene rings is 1. The summed E-state index contributed by atoms with van der Waals surface area (Å²) in [7, 11) is 3.54. The molecule has 1 aromatic carbocycles. The average molecular weight is 660 g/mol. The smallest absolute Gasteiger partial charge is 0.493 e. The van der Waals surface area contributed by atoms with Gasteiger partial charge in [0.15, 0.2) is 23.7 Å². The van der Waals surface area contributed by atoms with Crippen LogP contribution in [0.4, 0.5) is 4.79 Å². The highest BCUT2D eigenvalue weighted by atomic mass is 16.7. The number of hydrogen-bond acceptors (Lipinski definition) is 13. The van der Waals surface area contributed by atoms with E-state index in [0.717, 1.165) is 11.1 Å². The number of ether oxygens (including phenoxy) is 7. The van der Waals surface area contributed by atoms with Gasteiger partial charge >= 0.3 is 24.1 Å². The summed E-state index contributed by atoms with van der Waals surface area (Å²) < 4.78 is 38.9. The van der Waals surface area contributed by atoms with Crippen molar-refractivity contribution in [3.05, 3.63) is 35.1 Å². The lowest BCUT2D eigenvalue weighted by Gasteiger charge is -2.61. The Hall–Kier alpha value is -3.84. The third-order valence-corrected chi connectivity index (χ3v) is 9.06. The van der Waals surface area contributed by atoms with Crippen molar-refractivity contribution < 1.29 is 57.4 Å². The minimum atomic E-state index is -1.71. The molecule has 0 aromatic heterocycles. The van der Waals surface area contributed by atoms with Gasteiger partial charge < -0.3 is 43.2 Å². The lowest BCUT2D eigenvalue weighted by Crippen LogP contribution is -2.74. The van der Waals surface area contributed by atoms with Crippen LogP contribution in [0, 0.1) is 0 Å². The number of carbonyl (C=O) groups excluding carboxylic acids is 4. The predicted octanol–water partition coefficient (Wildman–Crippen LogP) is 3.50. The Morgan fingerprint density at radius 3 is 2.36 bits per heavy atom. The van der Waals surface area contributed by atoms with Gasteiger partial charge in [0.1, 0.15) is 17.0 Å². The minimum Gasteiger partial charge on any atom is -0.493 e. The molecule has 1 aromatic rings. The molecule has 0 saturated carbocycles. The average Bonchev–Trinajstić information content (AvgIpc) is 3.30. The number of carbonyl (C=O) groups is 4. The summed E-state index contributed by atoms with van der Waals surface area (Å²) in [5, 5.41) is 12.4. The molecule has 5 rings (SSSR count). The van der Waals surface area contributed by atoms with Crippen LogP contribution in [0.2, 0.25) is 0 Å². The van der Waals surface area contributed by atoms with Gasteiger partial charge in [0.2, 0.25) is 6.10 Å². The molecule has 1 spiro atoms. The summed E-state index contributed by atoms with van der Waals surface area (Å²) in [6.07, 6.45) is -2.81. The number of hydrogen-bond donors (Lipinski definition) is 1. The van der Waals surface area contributed by atoms with E-state index in [1.807, 2.05) is 19.2 Å². The molecule has 4 aliphatic rings. The highest BCUT2D eigenvalue weighted by molar-refractivity contribution is 5.86. The van der Waals surface area contributed by atoms with Crippen LogP contribution in [-0.4, -0.2) is 95.9 Å². The maximum absolute atomic E-state index is 13.5. The van der Waals surface area contributed by atoms with Gasteiger partial charge in [-0.3, -0.25) is 4.79 Å². The highest BCUT2D eigenvalue weighted by Crippen LogP contribution is 2.65. The second kappa shape index (κ2) is 12.0. The van der Waals surface area contributed by atoms with Crippen molar-refractivity contribution >= 4 is 24.1 Å². The minimum absolute atomic E-state index is 0.185. The van der Waals surface area contributed by atoms with Gasteiger partial charge in [0.05, 0.1) is 24.5 Å². The third-order valence-electron chi connectivity index (χ3n) is 9.06. The van der Waals surface area contributed by atoms with Crippen LogP contribution in [0.5, 0.6) is 11.5 Å². The maximum atomic E-state index is 13.5. The third kappa shape index (κ3) is 6.27. The van der Waals surface area contributed by atoms with Crippen LogP contribution in [0.1, 0.15) is 78.9 Å². The van der Waals surface area contributed by atoms with E-state index >= 15 is 0 Å². The number of likely N-dealkylation sites (N-methyl/N-ethyl adjacent to an activating group) is 1. The molecule has 0 unspecified atom stereocenters. The molecule has 1 saturated heterocycles. The molecule has 13 heteroatoms. The Morgan fingerprint density at radius 2 is 1.72 bits per heavy atom. The monoisotopic (exact) mass is 659 g/mol. The SMILES string of the molecule is COc1ccc2c3c1O[C@H]1C(OC(=O)C[C@H](OC(=O)[C@H](C)OC(=O)OC(C)(C)C)C(=O)OC(C)(C)C)=CC[C@@]4(O)[C@@H](C2)N(C)CC[C@]314. The lowest BCUT2D eigenvalue weighted by molar-refractivity contribution is -0.183. The fourth-order valence-electron chi connectivity index (χ4n) is 7.16. The predicted molar refractivity (Wildman–Crippen MR) is 165 cm³/mol. The number of likely N-dealkylation sites (tertiary alicyclic amines) is 1. The van der Waals surface area contributed by atoms with Crippen molar-refractivity contribution in [3.63, 3.8) is 0 Å². The lowest BCUT2D eigenvalue weighted by atomic mass is 9.50. The molecule has 1 fully saturated rings. The van der Waals surface area contributed by atoms with Gasteiger partial charge in [0, 0.05) is 18.0 Å². The topological polar surface area (TPSA) is 156 Å². The molecule has 47 heavy (non-hydrogen) atoms. The van der Waals surface area contributed by atoms with Crippen LogP contribution in [-0.2, 0) is 49.9 Å². The zero-order valence-corrected chi connectivity index (χ0v) is 28.5.